The first kappa shape index (κ1) is 13.5. The molecule has 1 amide bonds. The van der Waals surface area contributed by atoms with Crippen molar-refractivity contribution >= 4 is 17.8 Å². The molecule has 0 aliphatic carbocycles. The van der Waals surface area contributed by atoms with Crippen molar-refractivity contribution in [3.05, 3.63) is 23.8 Å². The predicted octanol–water partition coefficient (Wildman–Crippen LogP) is 1.13. The molecular weight excluding hydrogens is 242 g/mol. The van der Waals surface area contributed by atoms with Crippen LogP contribution in [0.25, 0.3) is 0 Å². The van der Waals surface area contributed by atoms with E-state index in [1.165, 1.54) is 0 Å². The van der Waals surface area contributed by atoms with Gasteiger partial charge in [0, 0.05) is 19.3 Å². The van der Waals surface area contributed by atoms with E-state index in [-0.39, 0.29) is 5.91 Å². The Morgan fingerprint density at radius 3 is 2.95 bits per heavy atom. The lowest BCUT2D eigenvalue weighted by Crippen LogP contribution is -2.44. The molecule has 0 saturated carbocycles. The van der Waals surface area contributed by atoms with E-state index in [0.29, 0.717) is 19.6 Å². The zero-order valence-corrected chi connectivity index (χ0v) is 11.3. The molecule has 2 rings (SSSR count). The summed E-state index contributed by atoms with van der Waals surface area (Å²) in [6, 6.07) is 5.62. The number of nitrogens with zero attached hydrogens (tertiary/aromatic N) is 1. The highest BCUT2D eigenvalue weighted by atomic mass is 16.5. The lowest BCUT2D eigenvalue weighted by atomic mass is 9.78. The van der Waals surface area contributed by atoms with E-state index in [9.17, 15) is 4.79 Å². The van der Waals surface area contributed by atoms with Crippen molar-refractivity contribution in [1.82, 2.24) is 5.32 Å². The van der Waals surface area contributed by atoms with Crippen LogP contribution in [0.5, 0.6) is 5.75 Å². The molecule has 1 aromatic carbocycles. The highest BCUT2D eigenvalue weighted by Gasteiger charge is 2.42. The molecule has 0 fully saturated rings. The number of benzene rings is 1. The number of fused-ring (bicyclic) bond motifs is 1. The maximum atomic E-state index is 12.2. The zero-order valence-electron chi connectivity index (χ0n) is 11.3. The average molecular weight is 261 g/mol. The van der Waals surface area contributed by atoms with Crippen LogP contribution in [0, 0.1) is 0 Å². The summed E-state index contributed by atoms with van der Waals surface area (Å²) >= 11 is 0. The van der Waals surface area contributed by atoms with Crippen molar-refractivity contribution in [2.75, 3.05) is 20.2 Å². The number of hydrogen-bond donors (Lipinski definition) is 2. The lowest BCUT2D eigenvalue weighted by Gasteiger charge is -2.25. The fraction of sp³-hybridized carbons (Fsp3) is 0.429. The van der Waals surface area contributed by atoms with Gasteiger partial charge in [-0.1, -0.05) is 6.07 Å². The molecule has 0 bridgehead atoms. The summed E-state index contributed by atoms with van der Waals surface area (Å²) in [6.45, 7) is 2.96. The van der Waals surface area contributed by atoms with E-state index >= 15 is 0 Å². The molecule has 0 aromatic heterocycles. The van der Waals surface area contributed by atoms with Gasteiger partial charge in [0.25, 0.3) is 0 Å². The number of carbonyl (C=O) groups is 1. The summed E-state index contributed by atoms with van der Waals surface area (Å²) in [4.78, 5) is 16.6. The Hall–Kier alpha value is -1.88. The monoisotopic (exact) mass is 261 g/mol. The molecule has 102 valence electrons. The maximum absolute atomic E-state index is 12.2. The molecule has 5 heteroatoms. The van der Waals surface area contributed by atoms with Gasteiger partial charge in [0.05, 0.1) is 12.3 Å². The third-order valence-corrected chi connectivity index (χ3v) is 3.36. The third-order valence-electron chi connectivity index (χ3n) is 3.36. The van der Waals surface area contributed by atoms with Crippen LogP contribution in [0.3, 0.4) is 0 Å². The van der Waals surface area contributed by atoms with Crippen LogP contribution in [0.4, 0.5) is 5.69 Å². The largest absolute Gasteiger partial charge is 0.494 e. The molecule has 1 aliphatic heterocycles. The van der Waals surface area contributed by atoms with Gasteiger partial charge in [-0.3, -0.25) is 9.79 Å². The first-order chi connectivity index (χ1) is 9.17. The normalized spacial score (nSPS) is 20.2. The summed E-state index contributed by atoms with van der Waals surface area (Å²) in [5.41, 5.74) is 6.58. The predicted molar refractivity (Wildman–Crippen MR) is 75.2 cm³/mol. The van der Waals surface area contributed by atoms with E-state index in [2.05, 4.69) is 10.3 Å². The zero-order chi connectivity index (χ0) is 13.9. The summed E-state index contributed by atoms with van der Waals surface area (Å²) in [5.74, 6) is 0.684. The number of nitrogens with one attached hydrogen (secondary N) is 1. The number of nitrogens with two attached hydrogens (primary N) is 1. The van der Waals surface area contributed by atoms with Crippen molar-refractivity contribution in [3.8, 4) is 5.75 Å². The highest BCUT2D eigenvalue weighted by molar-refractivity contribution is 6.09. The van der Waals surface area contributed by atoms with Crippen molar-refractivity contribution in [1.29, 1.82) is 0 Å². The summed E-state index contributed by atoms with van der Waals surface area (Å²) in [6.07, 6.45) is 2.23. The van der Waals surface area contributed by atoms with Crippen LogP contribution in [0.2, 0.25) is 0 Å². The first-order valence-electron chi connectivity index (χ1n) is 6.42. The molecule has 19 heavy (non-hydrogen) atoms. The minimum Gasteiger partial charge on any atom is -0.494 e. The third kappa shape index (κ3) is 2.21. The van der Waals surface area contributed by atoms with Gasteiger partial charge in [0.2, 0.25) is 5.91 Å². The van der Waals surface area contributed by atoms with Gasteiger partial charge in [0.1, 0.15) is 11.2 Å². The Bertz CT molecular complexity index is 513. The minimum atomic E-state index is -0.746. The topological polar surface area (TPSA) is 76.7 Å². The van der Waals surface area contributed by atoms with Crippen LogP contribution in [-0.4, -0.2) is 32.3 Å². The molecule has 5 nitrogen and oxygen atoms in total. The van der Waals surface area contributed by atoms with Gasteiger partial charge in [-0.25, -0.2) is 0 Å². The smallest absolute Gasteiger partial charge is 0.235 e. The fourth-order valence-corrected chi connectivity index (χ4v) is 2.45. The van der Waals surface area contributed by atoms with Crippen LogP contribution >= 0.6 is 0 Å². The van der Waals surface area contributed by atoms with Crippen LogP contribution < -0.4 is 15.8 Å². The Kier molecular flexibility index (Phi) is 3.85. The van der Waals surface area contributed by atoms with Gasteiger partial charge in [-0.15, -0.1) is 0 Å². The molecule has 0 spiro atoms. The number of amides is 1. The van der Waals surface area contributed by atoms with Crippen LogP contribution in [-0.2, 0) is 10.2 Å². The molecular formula is C14H19N3O2. The van der Waals surface area contributed by atoms with Crippen molar-refractivity contribution in [2.45, 2.75) is 18.8 Å². The number of hydrogen-bond acceptors (Lipinski definition) is 4. The Labute approximate surface area is 112 Å². The SMILES string of the molecule is CCOc1ccc2c(c1)N=CC2(CCN)C(=O)NC. The van der Waals surface area contributed by atoms with E-state index < -0.39 is 5.41 Å². The first-order valence-corrected chi connectivity index (χ1v) is 6.42. The van der Waals surface area contributed by atoms with E-state index in [1.54, 1.807) is 13.3 Å². The van der Waals surface area contributed by atoms with Gasteiger partial charge in [0.15, 0.2) is 0 Å². The summed E-state index contributed by atoms with van der Waals surface area (Å²) < 4.78 is 5.45. The lowest BCUT2D eigenvalue weighted by molar-refractivity contribution is -0.123. The number of ether oxygens (including phenoxy) is 1. The quantitative estimate of drug-likeness (QED) is 0.834. The van der Waals surface area contributed by atoms with Gasteiger partial charge in [-0.2, -0.15) is 0 Å². The molecule has 3 N–H and O–H groups in total. The second-order valence-electron chi connectivity index (χ2n) is 4.46. The van der Waals surface area contributed by atoms with E-state index in [1.807, 2.05) is 25.1 Å². The van der Waals surface area contributed by atoms with Gasteiger partial charge in [-0.05, 0) is 31.5 Å². The number of aliphatic imine (C=N–C) groups is 1. The molecule has 1 atom stereocenters. The molecule has 1 heterocycles. The molecule has 1 aromatic rings. The molecule has 1 aliphatic rings. The minimum absolute atomic E-state index is 0.0791. The number of likely N-dealkylation sites (N-methyl/N-ethyl adjacent to an activating group) is 1. The summed E-state index contributed by atoms with van der Waals surface area (Å²) in [5, 5.41) is 2.70. The van der Waals surface area contributed by atoms with Crippen molar-refractivity contribution < 1.29 is 9.53 Å². The number of carbonyl (C=O) groups excluding carboxylic acids is 1. The average Bonchev–Trinajstić information content (AvgIpc) is 2.78. The van der Waals surface area contributed by atoms with Crippen LogP contribution in [0.15, 0.2) is 23.2 Å². The van der Waals surface area contributed by atoms with Crippen molar-refractivity contribution in [3.63, 3.8) is 0 Å². The Morgan fingerprint density at radius 1 is 1.53 bits per heavy atom. The summed E-state index contributed by atoms with van der Waals surface area (Å²) in [7, 11) is 1.63. The van der Waals surface area contributed by atoms with Crippen LogP contribution in [0.1, 0.15) is 18.9 Å². The standard InChI is InChI=1S/C14H19N3O2/c1-3-19-10-4-5-11-12(8-10)17-9-14(11,6-7-15)13(18)16-2/h4-5,8-9H,3,6-7,15H2,1-2H3,(H,16,18). The Balaban J connectivity index is 2.44. The fourth-order valence-electron chi connectivity index (χ4n) is 2.45. The van der Waals surface area contributed by atoms with Gasteiger partial charge >= 0.3 is 0 Å². The van der Waals surface area contributed by atoms with E-state index in [0.717, 1.165) is 17.0 Å². The van der Waals surface area contributed by atoms with Gasteiger partial charge < -0.3 is 15.8 Å². The maximum Gasteiger partial charge on any atom is 0.235 e. The second-order valence-corrected chi connectivity index (χ2v) is 4.46. The number of rotatable bonds is 5. The highest BCUT2D eigenvalue weighted by Crippen LogP contribution is 2.41. The second kappa shape index (κ2) is 5.40. The molecule has 0 radical (unpaired) electrons. The molecule has 0 saturated heterocycles. The van der Waals surface area contributed by atoms with E-state index in [4.69, 9.17) is 10.5 Å². The Morgan fingerprint density at radius 2 is 2.32 bits per heavy atom. The molecule has 1 unspecified atom stereocenters. The van der Waals surface area contributed by atoms with Crippen molar-refractivity contribution in [2.24, 2.45) is 10.7 Å².